The first-order valence-corrected chi connectivity index (χ1v) is 20.2. The Hall–Kier alpha value is -2.43. The van der Waals surface area contributed by atoms with Gasteiger partial charge in [-0.25, -0.2) is 37.4 Å². The van der Waals surface area contributed by atoms with Crippen LogP contribution >= 0.6 is 42.9 Å². The van der Waals surface area contributed by atoms with Gasteiger partial charge in [0, 0.05) is 22.8 Å². The van der Waals surface area contributed by atoms with Gasteiger partial charge in [0.15, 0.2) is 0 Å². The van der Waals surface area contributed by atoms with E-state index in [9.17, 15) is 37.4 Å². The van der Waals surface area contributed by atoms with Crippen LogP contribution in [0.15, 0.2) is 49.1 Å². The number of hydrogen-bond donors (Lipinski definition) is 8. The number of phosphoric ester groups is 4. The van der Waals surface area contributed by atoms with Gasteiger partial charge >= 0.3 is 55.2 Å². The zero-order chi connectivity index (χ0) is 42.6. The Balaban J connectivity index is -0.000000303. The van der Waals surface area contributed by atoms with E-state index >= 15 is 0 Å². The second-order valence-corrected chi connectivity index (χ2v) is 14.1. The van der Waals surface area contributed by atoms with Gasteiger partial charge in [-0.1, -0.05) is 26.3 Å². The van der Waals surface area contributed by atoms with E-state index in [2.05, 4.69) is 63.4 Å². The van der Waals surface area contributed by atoms with Crippen LogP contribution in [0, 0.1) is 0 Å². The van der Waals surface area contributed by atoms with E-state index in [1.165, 1.54) is 20.8 Å². The minimum atomic E-state index is -4.62. The molecule has 0 bridgehead atoms. The summed E-state index contributed by atoms with van der Waals surface area (Å²) in [6.45, 7) is 15.5. The summed E-state index contributed by atoms with van der Waals surface area (Å²) in [7, 11) is -18.0. The van der Waals surface area contributed by atoms with Gasteiger partial charge in [0.25, 0.3) is 0 Å². The molecule has 0 aliphatic rings. The highest BCUT2D eigenvalue weighted by atomic mass is 35.5. The van der Waals surface area contributed by atoms with Crippen molar-refractivity contribution in [2.45, 2.75) is 26.9 Å². The summed E-state index contributed by atoms with van der Waals surface area (Å²) in [5.41, 5.74) is 0.617. The van der Waals surface area contributed by atoms with E-state index < -0.39 is 61.3 Å². The molecule has 8 N–H and O–H groups in total. The first-order valence-electron chi connectivity index (χ1n) is 13.5. The van der Waals surface area contributed by atoms with Gasteiger partial charge in [-0.3, -0.25) is 18.1 Å². The number of alkyl halides is 1. The monoisotopic (exact) mass is 874 g/mol. The van der Waals surface area contributed by atoms with Crippen LogP contribution in [0.5, 0.6) is 0 Å². The van der Waals surface area contributed by atoms with Crippen molar-refractivity contribution < 1.29 is 114 Å². The lowest BCUT2D eigenvalue weighted by atomic mass is 10.3. The van der Waals surface area contributed by atoms with Gasteiger partial charge in [-0.05, 0) is 20.8 Å². The number of esters is 4. The van der Waals surface area contributed by atoms with Gasteiger partial charge < -0.3 is 58.1 Å². The van der Waals surface area contributed by atoms with Crippen LogP contribution in [-0.2, 0) is 74.5 Å². The molecule has 0 saturated heterocycles. The Morgan fingerprint density at radius 1 is 0.566 bits per heavy atom. The van der Waals surface area contributed by atoms with E-state index in [0.717, 1.165) is 6.08 Å². The average molecular weight is 875 g/mol. The van der Waals surface area contributed by atoms with Gasteiger partial charge in [-0.15, -0.1) is 11.6 Å². The lowest BCUT2D eigenvalue weighted by Crippen LogP contribution is -2.23. The van der Waals surface area contributed by atoms with Crippen molar-refractivity contribution in [2.75, 3.05) is 52.1 Å². The summed E-state index contributed by atoms with van der Waals surface area (Å²) in [6, 6.07) is 0. The number of halogens is 1. The maximum atomic E-state index is 10.9. The molecule has 53 heavy (non-hydrogen) atoms. The highest BCUT2D eigenvalue weighted by molar-refractivity contribution is 7.47. The number of hydrogen-bond acceptors (Lipinski definition) is 16. The van der Waals surface area contributed by atoms with Crippen LogP contribution in [0.25, 0.3) is 0 Å². The van der Waals surface area contributed by atoms with E-state index in [4.69, 9.17) is 50.7 Å². The molecule has 0 radical (unpaired) electrons. The third-order valence-corrected chi connectivity index (χ3v) is 6.28. The minimum absolute atomic E-state index is 0.180. The molecule has 0 rings (SSSR count). The van der Waals surface area contributed by atoms with Crippen molar-refractivity contribution in [2.24, 2.45) is 0 Å². The molecule has 0 spiro atoms. The summed E-state index contributed by atoms with van der Waals surface area (Å²) in [4.78, 5) is 109. The summed E-state index contributed by atoms with van der Waals surface area (Å²) >= 11 is 5.35. The SMILES string of the molecule is C=C(C)C(=O)OCC(CCl)OP(=O)(O)O.C=C(C)C(=O)OCCOP(=O)(O)O.C=C(C)C(=O)OCCOP(=O)(O)O.C=CC(=O)OCCOP(=O)(O)O. The van der Waals surface area contributed by atoms with Crippen LogP contribution in [0.3, 0.4) is 0 Å². The molecule has 0 aliphatic heterocycles. The summed E-state index contributed by atoms with van der Waals surface area (Å²) in [5.74, 6) is -2.76. The minimum Gasteiger partial charge on any atom is -0.460 e. The first kappa shape index (κ1) is 57.3. The second kappa shape index (κ2) is 29.9. The lowest BCUT2D eigenvalue weighted by Gasteiger charge is -2.15. The van der Waals surface area contributed by atoms with E-state index in [1.54, 1.807) is 0 Å². The number of phosphoric acid groups is 4. The molecule has 0 saturated carbocycles. The molecule has 0 fully saturated rings. The topological polar surface area (TPSA) is 372 Å². The molecule has 24 nitrogen and oxygen atoms in total. The van der Waals surface area contributed by atoms with Crippen molar-refractivity contribution in [1.29, 1.82) is 0 Å². The fraction of sp³-hybridized carbons (Fsp3) is 0.500. The Bertz CT molecular complexity index is 1340. The van der Waals surface area contributed by atoms with E-state index in [-0.39, 0.29) is 68.8 Å². The summed E-state index contributed by atoms with van der Waals surface area (Å²) in [5, 5.41) is 0. The molecular weight excluding hydrogens is 832 g/mol. The van der Waals surface area contributed by atoms with Gasteiger partial charge in [0.1, 0.15) is 32.5 Å². The number of rotatable bonds is 21. The molecule has 310 valence electrons. The molecule has 0 aliphatic carbocycles. The Morgan fingerprint density at radius 3 is 1.11 bits per heavy atom. The maximum absolute atomic E-state index is 10.9. The van der Waals surface area contributed by atoms with Crippen LogP contribution in [0.2, 0.25) is 0 Å². The molecular formula is C24H43ClO24P4. The summed E-state index contributed by atoms with van der Waals surface area (Å²) in [6.07, 6.45) is -0.104. The van der Waals surface area contributed by atoms with Crippen molar-refractivity contribution in [3.63, 3.8) is 0 Å². The largest absolute Gasteiger partial charge is 0.470 e. The zero-order valence-electron chi connectivity index (χ0n) is 28.4. The average Bonchev–Trinajstić information content (AvgIpc) is 3.00. The summed E-state index contributed by atoms with van der Waals surface area (Å²) < 4.78 is 75.0. The van der Waals surface area contributed by atoms with Crippen molar-refractivity contribution in [1.82, 2.24) is 0 Å². The van der Waals surface area contributed by atoms with Crippen molar-refractivity contribution in [3.05, 3.63) is 49.1 Å². The highest BCUT2D eigenvalue weighted by Gasteiger charge is 2.23. The fourth-order valence-electron chi connectivity index (χ4n) is 1.77. The Morgan fingerprint density at radius 2 is 0.868 bits per heavy atom. The molecule has 0 aromatic carbocycles. The third-order valence-electron chi connectivity index (χ3n) is 3.81. The van der Waals surface area contributed by atoms with E-state index in [1.807, 2.05) is 0 Å². The first-order chi connectivity index (χ1) is 23.9. The van der Waals surface area contributed by atoms with Crippen molar-refractivity contribution in [3.8, 4) is 0 Å². The number of carbonyl (C=O) groups excluding carboxylic acids is 4. The molecule has 0 amide bonds. The highest BCUT2D eigenvalue weighted by Crippen LogP contribution is 2.38. The quantitative estimate of drug-likeness (QED) is 0.0200. The predicted octanol–water partition coefficient (Wildman–Crippen LogP) is 1.08. The van der Waals surface area contributed by atoms with E-state index in [0.29, 0.717) is 0 Å². The zero-order valence-corrected chi connectivity index (χ0v) is 32.8. The Kier molecular flexibility index (Phi) is 32.3. The third kappa shape index (κ3) is 49.6. The van der Waals surface area contributed by atoms with Crippen molar-refractivity contribution >= 4 is 66.8 Å². The molecule has 0 heterocycles. The van der Waals surface area contributed by atoms with Gasteiger partial charge in [0.2, 0.25) is 0 Å². The predicted molar refractivity (Wildman–Crippen MR) is 180 cm³/mol. The van der Waals surface area contributed by atoms with Crippen LogP contribution in [0.1, 0.15) is 20.8 Å². The van der Waals surface area contributed by atoms with Crippen LogP contribution < -0.4 is 0 Å². The molecule has 0 aromatic rings. The molecule has 1 atom stereocenters. The lowest BCUT2D eigenvalue weighted by molar-refractivity contribution is -0.141. The van der Waals surface area contributed by atoms with Gasteiger partial charge in [-0.2, -0.15) is 0 Å². The smallest absolute Gasteiger partial charge is 0.460 e. The fourth-order valence-corrected chi connectivity index (χ4v) is 3.47. The standard InChI is InChI=1S/C7H12ClO6P.2C6H11O6P.C5H9O6P/c1-5(2)7(9)13-4-6(3-8)14-15(10,11)12;2*1-5(2)6(7)11-3-4-12-13(8,9)10;1-2-5(6)10-3-4-11-12(7,8)9/h6H,1,3-4H2,2H3,(H2,10,11,12);2*1,3-4H2,2H3,(H2,8,9,10);2H,1,3-4H2,(H2,7,8,9). The molecule has 0 aromatic heterocycles. The van der Waals surface area contributed by atoms with Crippen LogP contribution in [0.4, 0.5) is 0 Å². The van der Waals surface area contributed by atoms with Crippen LogP contribution in [-0.4, -0.2) is 121 Å². The number of carbonyl (C=O) groups is 4. The second-order valence-electron chi connectivity index (χ2n) is 8.93. The molecule has 1 unspecified atom stereocenters. The number of ether oxygens (including phenoxy) is 4. The Labute approximate surface area is 308 Å². The maximum Gasteiger partial charge on any atom is 0.470 e. The molecule has 29 heteroatoms. The van der Waals surface area contributed by atoms with Gasteiger partial charge in [0.05, 0.1) is 25.7 Å². The normalized spacial score (nSPS) is 11.6.